The highest BCUT2D eigenvalue weighted by molar-refractivity contribution is 7.99. The minimum absolute atomic E-state index is 0.205. The molecule has 3 aromatic heterocycles. The lowest BCUT2D eigenvalue weighted by Crippen LogP contribution is -1.97. The largest absolute Gasteiger partial charge is 0.487 e. The highest BCUT2D eigenvalue weighted by atomic mass is 35.5. The van der Waals surface area contributed by atoms with Crippen LogP contribution >= 0.6 is 23.4 Å². The van der Waals surface area contributed by atoms with E-state index in [0.717, 1.165) is 16.7 Å². The maximum atomic E-state index is 13.3. The molecular formula is C23H15ClFN3O2S. The van der Waals surface area contributed by atoms with Gasteiger partial charge in [0.2, 0.25) is 5.89 Å². The first-order chi connectivity index (χ1) is 15.1. The molecule has 0 aliphatic carbocycles. The van der Waals surface area contributed by atoms with E-state index in [2.05, 4.69) is 15.0 Å². The van der Waals surface area contributed by atoms with Crippen LogP contribution in [0.4, 0.5) is 4.39 Å². The molecule has 0 atom stereocenters. The smallest absolute Gasteiger partial charge is 0.227 e. The number of halogens is 2. The number of rotatable bonds is 6. The standard InChI is InChI=1S/C23H15ClFN3O2S/c24-16-3-8-21(27-12-16)31-23-20(28-22(30-23)14-1-4-17(25)5-2-14)13-29-18-6-7-19-15(11-18)9-10-26-19/h1-12,26H,13H2. The molecule has 0 bridgehead atoms. The van der Waals surface area contributed by atoms with E-state index in [1.54, 1.807) is 30.5 Å². The van der Waals surface area contributed by atoms with Crippen LogP contribution in [0.2, 0.25) is 5.02 Å². The van der Waals surface area contributed by atoms with E-state index < -0.39 is 0 Å². The number of benzene rings is 2. The van der Waals surface area contributed by atoms with Crippen LogP contribution in [0.25, 0.3) is 22.4 Å². The van der Waals surface area contributed by atoms with Crippen molar-refractivity contribution in [2.45, 2.75) is 16.7 Å². The molecule has 0 radical (unpaired) electrons. The van der Waals surface area contributed by atoms with Crippen molar-refractivity contribution >= 4 is 34.3 Å². The Bertz CT molecular complexity index is 1330. The third-order valence-corrected chi connectivity index (χ3v) is 5.73. The minimum atomic E-state index is -0.320. The van der Waals surface area contributed by atoms with Gasteiger partial charge in [-0.25, -0.2) is 14.4 Å². The molecule has 2 aromatic carbocycles. The summed E-state index contributed by atoms with van der Waals surface area (Å²) in [6, 6.07) is 17.4. The van der Waals surface area contributed by atoms with Gasteiger partial charge in [0.15, 0.2) is 5.09 Å². The minimum Gasteiger partial charge on any atom is -0.487 e. The van der Waals surface area contributed by atoms with Crippen molar-refractivity contribution in [1.82, 2.24) is 15.0 Å². The van der Waals surface area contributed by atoms with E-state index in [9.17, 15) is 4.39 Å². The van der Waals surface area contributed by atoms with Gasteiger partial charge in [0.05, 0.1) is 5.02 Å². The molecule has 5 rings (SSSR count). The van der Waals surface area contributed by atoms with Crippen molar-refractivity contribution in [3.05, 3.63) is 89.6 Å². The SMILES string of the molecule is Fc1ccc(-c2nc(COc3ccc4[nH]ccc4c3)c(Sc3ccc(Cl)cn3)o2)cc1. The van der Waals surface area contributed by atoms with Crippen molar-refractivity contribution < 1.29 is 13.5 Å². The Kier molecular flexibility index (Phi) is 5.36. The topological polar surface area (TPSA) is 63.9 Å². The van der Waals surface area contributed by atoms with Gasteiger partial charge >= 0.3 is 0 Å². The summed E-state index contributed by atoms with van der Waals surface area (Å²) in [6.45, 7) is 0.205. The third-order valence-electron chi connectivity index (χ3n) is 4.55. The Morgan fingerprint density at radius 2 is 1.94 bits per heavy atom. The lowest BCUT2D eigenvalue weighted by molar-refractivity contribution is 0.295. The lowest BCUT2D eigenvalue weighted by Gasteiger charge is -2.05. The summed E-state index contributed by atoms with van der Waals surface area (Å²) in [7, 11) is 0. The van der Waals surface area contributed by atoms with Gasteiger partial charge in [-0.05, 0) is 72.4 Å². The fourth-order valence-corrected chi connectivity index (χ4v) is 3.90. The molecule has 0 saturated heterocycles. The summed E-state index contributed by atoms with van der Waals surface area (Å²) in [6.07, 6.45) is 3.46. The van der Waals surface area contributed by atoms with Crippen LogP contribution in [0.5, 0.6) is 5.75 Å². The molecule has 5 aromatic rings. The van der Waals surface area contributed by atoms with Crippen LogP contribution < -0.4 is 4.74 Å². The maximum Gasteiger partial charge on any atom is 0.227 e. The summed E-state index contributed by atoms with van der Waals surface area (Å²) in [5.41, 5.74) is 2.33. The summed E-state index contributed by atoms with van der Waals surface area (Å²) in [5, 5.41) is 2.88. The van der Waals surface area contributed by atoms with E-state index in [1.807, 2.05) is 30.5 Å². The van der Waals surface area contributed by atoms with Gasteiger partial charge in [0, 0.05) is 28.9 Å². The van der Waals surface area contributed by atoms with Crippen LogP contribution in [-0.2, 0) is 6.61 Å². The second-order valence-electron chi connectivity index (χ2n) is 6.69. The van der Waals surface area contributed by atoms with Crippen LogP contribution in [0, 0.1) is 5.82 Å². The van der Waals surface area contributed by atoms with Crippen molar-refractivity contribution in [3.8, 4) is 17.2 Å². The molecule has 0 spiro atoms. The first-order valence-corrected chi connectivity index (χ1v) is 10.6. The molecule has 0 unspecified atom stereocenters. The van der Waals surface area contributed by atoms with Crippen LogP contribution in [-0.4, -0.2) is 15.0 Å². The fraction of sp³-hybridized carbons (Fsp3) is 0.0435. The summed E-state index contributed by atoms with van der Waals surface area (Å²) in [4.78, 5) is 12.1. The number of ether oxygens (including phenoxy) is 1. The Labute approximate surface area is 186 Å². The van der Waals surface area contributed by atoms with Gasteiger partial charge < -0.3 is 14.1 Å². The number of fused-ring (bicyclic) bond motifs is 1. The number of nitrogens with one attached hydrogen (secondary N) is 1. The van der Waals surface area contributed by atoms with Crippen molar-refractivity contribution in [2.75, 3.05) is 0 Å². The normalized spacial score (nSPS) is 11.2. The first kappa shape index (κ1) is 19.7. The average Bonchev–Trinajstić information content (AvgIpc) is 3.41. The third kappa shape index (κ3) is 4.42. The van der Waals surface area contributed by atoms with Gasteiger partial charge in [-0.15, -0.1) is 0 Å². The highest BCUT2D eigenvalue weighted by Crippen LogP contribution is 2.34. The number of oxazole rings is 1. The van der Waals surface area contributed by atoms with Gasteiger partial charge in [-0.1, -0.05) is 11.6 Å². The van der Waals surface area contributed by atoms with Gasteiger partial charge in [-0.2, -0.15) is 0 Å². The van der Waals surface area contributed by atoms with Gasteiger partial charge in [-0.3, -0.25) is 0 Å². The second-order valence-corrected chi connectivity index (χ2v) is 8.12. The molecule has 1 N–H and O–H groups in total. The predicted molar refractivity (Wildman–Crippen MR) is 118 cm³/mol. The Morgan fingerprint density at radius 3 is 2.74 bits per heavy atom. The molecule has 3 heterocycles. The summed E-state index contributed by atoms with van der Waals surface area (Å²) >= 11 is 7.26. The zero-order valence-electron chi connectivity index (χ0n) is 16.0. The maximum absolute atomic E-state index is 13.3. The number of pyridine rings is 1. The Morgan fingerprint density at radius 1 is 1.06 bits per heavy atom. The second kappa shape index (κ2) is 8.45. The van der Waals surface area contributed by atoms with Crippen molar-refractivity contribution in [3.63, 3.8) is 0 Å². The molecule has 0 fully saturated rings. The van der Waals surface area contributed by atoms with E-state index in [4.69, 9.17) is 20.8 Å². The first-order valence-electron chi connectivity index (χ1n) is 9.39. The molecule has 0 amide bonds. The van der Waals surface area contributed by atoms with E-state index >= 15 is 0 Å². The van der Waals surface area contributed by atoms with E-state index in [-0.39, 0.29) is 12.4 Å². The molecule has 31 heavy (non-hydrogen) atoms. The number of hydrogen-bond donors (Lipinski definition) is 1. The number of aromatic nitrogens is 3. The molecule has 0 aliphatic heterocycles. The average molecular weight is 452 g/mol. The molecule has 8 heteroatoms. The molecule has 0 aliphatic rings. The van der Waals surface area contributed by atoms with E-state index in [0.29, 0.717) is 32.3 Å². The highest BCUT2D eigenvalue weighted by Gasteiger charge is 2.18. The fourth-order valence-electron chi connectivity index (χ4n) is 3.02. The monoisotopic (exact) mass is 451 g/mol. The predicted octanol–water partition coefficient (Wildman–Crippen LogP) is 6.74. The summed E-state index contributed by atoms with van der Waals surface area (Å²) in [5.74, 6) is 0.786. The summed E-state index contributed by atoms with van der Waals surface area (Å²) < 4.78 is 25.3. The van der Waals surface area contributed by atoms with Crippen molar-refractivity contribution in [2.24, 2.45) is 0 Å². The number of aromatic amines is 1. The molecule has 5 nitrogen and oxygen atoms in total. The van der Waals surface area contributed by atoms with Crippen LogP contribution in [0.1, 0.15) is 5.69 Å². The number of nitrogens with zero attached hydrogens (tertiary/aromatic N) is 2. The van der Waals surface area contributed by atoms with Gasteiger partial charge in [0.25, 0.3) is 0 Å². The zero-order chi connectivity index (χ0) is 21.2. The lowest BCUT2D eigenvalue weighted by atomic mass is 10.2. The molecule has 0 saturated carbocycles. The number of hydrogen-bond acceptors (Lipinski definition) is 5. The molecule has 154 valence electrons. The Hall–Kier alpha value is -3.29. The zero-order valence-corrected chi connectivity index (χ0v) is 17.6. The van der Waals surface area contributed by atoms with E-state index in [1.165, 1.54) is 23.9 Å². The Balaban J connectivity index is 1.44. The van der Waals surface area contributed by atoms with Crippen LogP contribution in [0.3, 0.4) is 0 Å². The van der Waals surface area contributed by atoms with Crippen molar-refractivity contribution in [1.29, 1.82) is 0 Å². The van der Waals surface area contributed by atoms with Gasteiger partial charge in [0.1, 0.15) is 28.9 Å². The molecular weight excluding hydrogens is 437 g/mol. The number of H-pyrrole nitrogens is 1. The quantitative estimate of drug-likeness (QED) is 0.309. The van der Waals surface area contributed by atoms with Crippen LogP contribution in [0.15, 0.2) is 87.6 Å².